The number of rotatable bonds is 5. The molecule has 1 aromatic carbocycles. The van der Waals surface area contributed by atoms with Crippen LogP contribution in [0.5, 0.6) is 5.75 Å². The van der Waals surface area contributed by atoms with Gasteiger partial charge < -0.3 is 9.47 Å². The smallest absolute Gasteiger partial charge is 0.308 e. The molecule has 0 radical (unpaired) electrons. The van der Waals surface area contributed by atoms with Crippen molar-refractivity contribution in [2.75, 3.05) is 6.61 Å². The van der Waals surface area contributed by atoms with Gasteiger partial charge in [0.1, 0.15) is 5.82 Å². The van der Waals surface area contributed by atoms with E-state index >= 15 is 0 Å². The standard InChI is InChI=1S/C17H20F2O4/c1-3-22-17(21)11-4-6-12(7-5-11)23-16-9-14(18)13(10(2)20)8-15(16)19/h8-9,11-12H,3-7H2,1-2H3/t11-,12+. The van der Waals surface area contributed by atoms with Gasteiger partial charge in [0.15, 0.2) is 17.3 Å². The van der Waals surface area contributed by atoms with Crippen LogP contribution in [0, 0.1) is 17.6 Å². The van der Waals surface area contributed by atoms with Crippen LogP contribution in [0.25, 0.3) is 0 Å². The summed E-state index contributed by atoms with van der Waals surface area (Å²) >= 11 is 0. The highest BCUT2D eigenvalue weighted by Crippen LogP contribution is 2.30. The predicted molar refractivity (Wildman–Crippen MR) is 79.4 cm³/mol. The maximum atomic E-state index is 13.9. The molecule has 0 aromatic heterocycles. The fourth-order valence-electron chi connectivity index (χ4n) is 2.74. The number of carbonyl (C=O) groups is 2. The molecule has 0 unspecified atom stereocenters. The van der Waals surface area contributed by atoms with Crippen molar-refractivity contribution in [3.63, 3.8) is 0 Å². The van der Waals surface area contributed by atoms with Gasteiger partial charge in [-0.1, -0.05) is 0 Å². The van der Waals surface area contributed by atoms with E-state index in [9.17, 15) is 18.4 Å². The Balaban J connectivity index is 1.98. The summed E-state index contributed by atoms with van der Waals surface area (Å²) in [5, 5.41) is 0. The van der Waals surface area contributed by atoms with E-state index in [1.165, 1.54) is 6.92 Å². The van der Waals surface area contributed by atoms with E-state index in [4.69, 9.17) is 9.47 Å². The van der Waals surface area contributed by atoms with Gasteiger partial charge in [-0.25, -0.2) is 8.78 Å². The Hall–Kier alpha value is -1.98. The van der Waals surface area contributed by atoms with E-state index in [1.807, 2.05) is 0 Å². The number of ether oxygens (including phenoxy) is 2. The van der Waals surface area contributed by atoms with E-state index in [2.05, 4.69) is 0 Å². The fourth-order valence-corrected chi connectivity index (χ4v) is 2.74. The summed E-state index contributed by atoms with van der Waals surface area (Å²) in [5.41, 5.74) is -0.291. The molecule has 126 valence electrons. The van der Waals surface area contributed by atoms with Crippen molar-refractivity contribution in [2.45, 2.75) is 45.6 Å². The van der Waals surface area contributed by atoms with Crippen LogP contribution < -0.4 is 4.74 Å². The zero-order chi connectivity index (χ0) is 17.0. The number of hydrogen-bond acceptors (Lipinski definition) is 4. The fraction of sp³-hybridized carbons (Fsp3) is 0.529. The van der Waals surface area contributed by atoms with Gasteiger partial charge in [-0.15, -0.1) is 0 Å². The summed E-state index contributed by atoms with van der Waals surface area (Å²) in [5.74, 6) is -2.67. The zero-order valence-electron chi connectivity index (χ0n) is 13.2. The molecule has 1 aromatic rings. The van der Waals surface area contributed by atoms with Crippen LogP contribution in [-0.4, -0.2) is 24.5 Å². The van der Waals surface area contributed by atoms with Crippen molar-refractivity contribution < 1.29 is 27.8 Å². The van der Waals surface area contributed by atoms with Crippen LogP contribution in [0.3, 0.4) is 0 Å². The van der Waals surface area contributed by atoms with Gasteiger partial charge in [-0.3, -0.25) is 9.59 Å². The number of carbonyl (C=O) groups excluding carboxylic acids is 2. The first-order valence-electron chi connectivity index (χ1n) is 7.75. The number of esters is 1. The number of Topliss-reactive ketones (excluding diaryl/α,β-unsaturated/α-hetero) is 1. The molecule has 0 N–H and O–H groups in total. The van der Waals surface area contributed by atoms with E-state index in [1.54, 1.807) is 6.92 Å². The molecule has 1 aliphatic rings. The third-order valence-electron chi connectivity index (χ3n) is 3.99. The molecule has 0 heterocycles. The summed E-state index contributed by atoms with van der Waals surface area (Å²) in [6, 6.07) is 1.76. The van der Waals surface area contributed by atoms with Crippen LogP contribution in [0.15, 0.2) is 12.1 Å². The Bertz CT molecular complexity index is 593. The summed E-state index contributed by atoms with van der Waals surface area (Å²) in [4.78, 5) is 22.8. The highest BCUT2D eigenvalue weighted by Gasteiger charge is 2.29. The molecular weight excluding hydrogens is 306 g/mol. The number of benzene rings is 1. The van der Waals surface area contributed by atoms with Crippen molar-refractivity contribution in [3.8, 4) is 5.75 Å². The molecule has 0 spiro atoms. The number of hydrogen-bond donors (Lipinski definition) is 0. The Morgan fingerprint density at radius 1 is 1.13 bits per heavy atom. The summed E-state index contributed by atoms with van der Waals surface area (Å²) in [6.07, 6.45) is 2.05. The Morgan fingerprint density at radius 2 is 1.78 bits per heavy atom. The molecule has 1 saturated carbocycles. The summed E-state index contributed by atoms with van der Waals surface area (Å²) < 4.78 is 38.2. The Labute approximate surface area is 133 Å². The molecule has 0 atom stereocenters. The van der Waals surface area contributed by atoms with E-state index < -0.39 is 17.4 Å². The van der Waals surface area contributed by atoms with Gasteiger partial charge >= 0.3 is 5.97 Å². The topological polar surface area (TPSA) is 52.6 Å². The molecule has 0 bridgehead atoms. The Morgan fingerprint density at radius 3 is 2.35 bits per heavy atom. The van der Waals surface area contributed by atoms with Gasteiger partial charge in [0, 0.05) is 6.07 Å². The molecule has 0 aliphatic heterocycles. The first-order chi connectivity index (χ1) is 10.9. The summed E-state index contributed by atoms with van der Waals surface area (Å²) in [7, 11) is 0. The quantitative estimate of drug-likeness (QED) is 0.612. The van der Waals surface area contributed by atoms with Crippen LogP contribution in [-0.2, 0) is 9.53 Å². The second-order valence-electron chi connectivity index (χ2n) is 5.66. The first kappa shape index (κ1) is 17.4. The average molecular weight is 326 g/mol. The lowest BCUT2D eigenvalue weighted by Gasteiger charge is -2.27. The lowest BCUT2D eigenvalue weighted by atomic mass is 9.87. The third-order valence-corrected chi connectivity index (χ3v) is 3.99. The van der Waals surface area contributed by atoms with Crippen molar-refractivity contribution in [2.24, 2.45) is 5.92 Å². The number of halogens is 2. The van der Waals surface area contributed by atoms with Crippen molar-refractivity contribution in [3.05, 3.63) is 29.3 Å². The molecular formula is C17H20F2O4. The lowest BCUT2D eigenvalue weighted by Crippen LogP contribution is -2.29. The molecule has 4 nitrogen and oxygen atoms in total. The monoisotopic (exact) mass is 326 g/mol. The minimum absolute atomic E-state index is 0.156. The predicted octanol–water partition coefficient (Wildman–Crippen LogP) is 3.67. The third kappa shape index (κ3) is 4.27. The SMILES string of the molecule is CCOC(=O)[C@H]1CC[C@@H](Oc2cc(F)c(C(C)=O)cc2F)CC1. The van der Waals surface area contributed by atoms with Gasteiger partial charge in [0.25, 0.3) is 0 Å². The van der Waals surface area contributed by atoms with Gasteiger partial charge in [0.2, 0.25) is 0 Å². The van der Waals surface area contributed by atoms with E-state index in [0.29, 0.717) is 32.3 Å². The minimum atomic E-state index is -0.797. The van der Waals surface area contributed by atoms with Crippen LogP contribution in [0.1, 0.15) is 49.9 Å². The molecule has 0 amide bonds. The highest BCUT2D eigenvalue weighted by atomic mass is 19.1. The lowest BCUT2D eigenvalue weighted by molar-refractivity contribution is -0.149. The van der Waals surface area contributed by atoms with Gasteiger partial charge in [-0.05, 0) is 45.6 Å². The number of ketones is 1. The van der Waals surface area contributed by atoms with Crippen molar-refractivity contribution in [1.29, 1.82) is 0 Å². The molecule has 0 saturated heterocycles. The maximum absolute atomic E-state index is 13.9. The largest absolute Gasteiger partial charge is 0.487 e. The minimum Gasteiger partial charge on any atom is -0.487 e. The first-order valence-corrected chi connectivity index (χ1v) is 7.75. The molecule has 6 heteroatoms. The second-order valence-corrected chi connectivity index (χ2v) is 5.66. The molecule has 1 aliphatic carbocycles. The highest BCUT2D eigenvalue weighted by molar-refractivity contribution is 5.94. The molecule has 2 rings (SSSR count). The van der Waals surface area contributed by atoms with Crippen molar-refractivity contribution >= 4 is 11.8 Å². The zero-order valence-corrected chi connectivity index (χ0v) is 13.2. The van der Waals surface area contributed by atoms with Crippen LogP contribution in [0.4, 0.5) is 8.78 Å². The van der Waals surface area contributed by atoms with Crippen LogP contribution >= 0.6 is 0 Å². The molecule has 23 heavy (non-hydrogen) atoms. The van der Waals surface area contributed by atoms with Gasteiger partial charge in [0.05, 0.1) is 24.2 Å². The van der Waals surface area contributed by atoms with E-state index in [0.717, 1.165) is 12.1 Å². The Kier molecular flexibility index (Phi) is 5.69. The maximum Gasteiger partial charge on any atom is 0.308 e. The van der Waals surface area contributed by atoms with Crippen LogP contribution in [0.2, 0.25) is 0 Å². The van der Waals surface area contributed by atoms with Crippen molar-refractivity contribution in [1.82, 2.24) is 0 Å². The van der Waals surface area contributed by atoms with E-state index in [-0.39, 0.29) is 29.3 Å². The molecule has 1 fully saturated rings. The van der Waals surface area contributed by atoms with Gasteiger partial charge in [-0.2, -0.15) is 0 Å². The normalized spacial score (nSPS) is 20.9. The average Bonchev–Trinajstić information content (AvgIpc) is 2.51. The second kappa shape index (κ2) is 7.53. The summed E-state index contributed by atoms with van der Waals surface area (Å²) in [6.45, 7) is 3.28.